The van der Waals surface area contributed by atoms with Crippen LogP contribution in [0.1, 0.15) is 28.2 Å². The van der Waals surface area contributed by atoms with Crippen molar-refractivity contribution < 1.29 is 13.2 Å². The summed E-state index contributed by atoms with van der Waals surface area (Å²) in [6.45, 7) is 1.59. The molecule has 0 radical (unpaired) electrons. The van der Waals surface area contributed by atoms with E-state index < -0.39 is 10.0 Å². The fourth-order valence-electron chi connectivity index (χ4n) is 2.61. The van der Waals surface area contributed by atoms with Crippen molar-refractivity contribution in [1.82, 2.24) is 14.6 Å². The molecule has 130 valence electrons. The van der Waals surface area contributed by atoms with Crippen molar-refractivity contribution in [3.05, 3.63) is 38.8 Å². The van der Waals surface area contributed by atoms with Gasteiger partial charge in [0.2, 0.25) is 10.0 Å². The summed E-state index contributed by atoms with van der Waals surface area (Å²) >= 11 is 5.03. The van der Waals surface area contributed by atoms with E-state index >= 15 is 0 Å². The van der Waals surface area contributed by atoms with Gasteiger partial charge in [0.15, 0.2) is 0 Å². The molecule has 2 N–H and O–H groups in total. The van der Waals surface area contributed by atoms with E-state index in [-0.39, 0.29) is 16.5 Å². The molecule has 0 saturated carbocycles. The van der Waals surface area contributed by atoms with Gasteiger partial charge in [-0.3, -0.25) is 4.79 Å². The lowest BCUT2D eigenvalue weighted by atomic mass is 10.3. The Hall–Kier alpha value is -1.16. The first-order chi connectivity index (χ1) is 11.5. The number of sulfonamides is 1. The van der Waals surface area contributed by atoms with Crippen LogP contribution in [0.3, 0.4) is 0 Å². The second-order valence-electron chi connectivity index (χ2n) is 5.57. The number of amides is 1. The van der Waals surface area contributed by atoms with E-state index in [1.165, 1.54) is 21.4 Å². The Labute approximate surface area is 153 Å². The molecule has 0 bridgehead atoms. The maximum absolute atomic E-state index is 12.4. The molecular formula is C15H18BrN3O3S2. The van der Waals surface area contributed by atoms with Crippen LogP contribution in [0.4, 0.5) is 0 Å². The van der Waals surface area contributed by atoms with Crippen molar-refractivity contribution in [3.8, 4) is 0 Å². The lowest BCUT2D eigenvalue weighted by Crippen LogP contribution is -2.27. The van der Waals surface area contributed by atoms with Crippen LogP contribution in [0.2, 0.25) is 0 Å². The van der Waals surface area contributed by atoms with Crippen LogP contribution in [-0.4, -0.2) is 43.2 Å². The third-order valence-corrected chi connectivity index (χ3v) is 7.45. The predicted molar refractivity (Wildman–Crippen MR) is 96.8 cm³/mol. The molecule has 2 aromatic rings. The van der Waals surface area contributed by atoms with Crippen molar-refractivity contribution in [2.75, 3.05) is 19.6 Å². The molecule has 24 heavy (non-hydrogen) atoms. The van der Waals surface area contributed by atoms with Crippen LogP contribution in [0, 0.1) is 0 Å². The van der Waals surface area contributed by atoms with Gasteiger partial charge in [-0.1, -0.05) is 0 Å². The maximum atomic E-state index is 12.4. The number of nitrogens with one attached hydrogen (secondary N) is 2. The molecule has 0 spiro atoms. The van der Waals surface area contributed by atoms with Crippen molar-refractivity contribution in [1.29, 1.82) is 0 Å². The zero-order valence-corrected chi connectivity index (χ0v) is 16.1. The van der Waals surface area contributed by atoms with Gasteiger partial charge in [-0.2, -0.15) is 4.31 Å². The van der Waals surface area contributed by atoms with Crippen molar-refractivity contribution in [2.24, 2.45) is 0 Å². The van der Waals surface area contributed by atoms with Crippen molar-refractivity contribution in [2.45, 2.75) is 24.2 Å². The van der Waals surface area contributed by atoms with E-state index in [4.69, 9.17) is 0 Å². The zero-order valence-electron chi connectivity index (χ0n) is 12.9. The number of aromatic nitrogens is 1. The topological polar surface area (TPSA) is 82.3 Å². The lowest BCUT2D eigenvalue weighted by molar-refractivity contribution is 0.0950. The number of hydrogen-bond acceptors (Lipinski definition) is 4. The molecule has 2 aromatic heterocycles. The second-order valence-corrected chi connectivity index (χ2v) is 10.1. The second kappa shape index (κ2) is 7.38. The Kier molecular flexibility index (Phi) is 5.43. The van der Waals surface area contributed by atoms with Gasteiger partial charge < -0.3 is 10.3 Å². The average Bonchev–Trinajstić information content (AvgIpc) is 3.29. The summed E-state index contributed by atoms with van der Waals surface area (Å²) in [5.41, 5.74) is 0.264. The summed E-state index contributed by atoms with van der Waals surface area (Å²) in [4.78, 5) is 16.2. The van der Waals surface area contributed by atoms with Gasteiger partial charge >= 0.3 is 0 Å². The van der Waals surface area contributed by atoms with E-state index in [1.54, 1.807) is 11.3 Å². The quantitative estimate of drug-likeness (QED) is 0.736. The summed E-state index contributed by atoms with van der Waals surface area (Å²) in [6, 6.07) is 5.39. The summed E-state index contributed by atoms with van der Waals surface area (Å²) in [7, 11) is -3.49. The van der Waals surface area contributed by atoms with E-state index in [0.29, 0.717) is 19.6 Å². The number of rotatable bonds is 6. The highest BCUT2D eigenvalue weighted by molar-refractivity contribution is 9.11. The summed E-state index contributed by atoms with van der Waals surface area (Å²) in [5.74, 6) is -0.298. The number of carbonyl (C=O) groups excluding carboxylic acids is 1. The molecule has 0 aromatic carbocycles. The number of thiophene rings is 1. The van der Waals surface area contributed by atoms with E-state index in [2.05, 4.69) is 26.2 Å². The summed E-state index contributed by atoms with van der Waals surface area (Å²) in [6.07, 6.45) is 3.90. The standard InChI is InChI=1S/C15H18BrN3O3S2/c16-14-4-3-11(23-14)5-6-17-15(20)13-9-12(10-18-13)24(21,22)19-7-1-2-8-19/h3-4,9-10,18H,1-2,5-8H2,(H,17,20). The maximum Gasteiger partial charge on any atom is 0.267 e. The Morgan fingerprint density at radius 2 is 2.08 bits per heavy atom. The summed E-state index contributed by atoms with van der Waals surface area (Å²) in [5, 5.41) is 2.80. The van der Waals surface area contributed by atoms with Gasteiger partial charge in [0.1, 0.15) is 10.6 Å². The fraction of sp³-hybridized carbons (Fsp3) is 0.400. The Morgan fingerprint density at radius 1 is 1.33 bits per heavy atom. The highest BCUT2D eigenvalue weighted by Gasteiger charge is 2.28. The molecule has 0 unspecified atom stereocenters. The van der Waals surface area contributed by atoms with Crippen LogP contribution >= 0.6 is 27.3 Å². The minimum absolute atomic E-state index is 0.150. The molecule has 0 atom stereocenters. The molecule has 3 rings (SSSR count). The fourth-order valence-corrected chi connectivity index (χ4v) is 5.61. The van der Waals surface area contributed by atoms with Gasteiger partial charge in [0, 0.05) is 30.7 Å². The van der Waals surface area contributed by atoms with Crippen LogP contribution in [0.5, 0.6) is 0 Å². The molecule has 3 heterocycles. The summed E-state index contributed by atoms with van der Waals surface area (Å²) < 4.78 is 27.4. The first kappa shape index (κ1) is 17.7. The van der Waals surface area contributed by atoms with Crippen LogP contribution in [0.15, 0.2) is 33.1 Å². The normalized spacial score (nSPS) is 15.7. The van der Waals surface area contributed by atoms with Gasteiger partial charge in [0.05, 0.1) is 3.79 Å². The minimum Gasteiger partial charge on any atom is -0.356 e. The molecule has 1 aliphatic rings. The van der Waals surface area contributed by atoms with Crippen LogP contribution in [0.25, 0.3) is 0 Å². The van der Waals surface area contributed by atoms with Crippen LogP contribution in [-0.2, 0) is 16.4 Å². The minimum atomic E-state index is -3.49. The third kappa shape index (κ3) is 3.90. The number of carbonyl (C=O) groups is 1. The molecule has 1 aliphatic heterocycles. The average molecular weight is 432 g/mol. The van der Waals surface area contributed by atoms with Gasteiger partial charge in [0.25, 0.3) is 5.91 Å². The van der Waals surface area contributed by atoms with Crippen molar-refractivity contribution in [3.63, 3.8) is 0 Å². The highest BCUT2D eigenvalue weighted by Crippen LogP contribution is 2.23. The van der Waals surface area contributed by atoms with E-state index in [0.717, 1.165) is 23.0 Å². The van der Waals surface area contributed by atoms with Gasteiger partial charge in [-0.15, -0.1) is 11.3 Å². The monoisotopic (exact) mass is 431 g/mol. The number of halogens is 1. The molecule has 1 amide bonds. The van der Waals surface area contributed by atoms with E-state index in [9.17, 15) is 13.2 Å². The number of aromatic amines is 1. The lowest BCUT2D eigenvalue weighted by Gasteiger charge is -2.13. The molecule has 1 saturated heterocycles. The van der Waals surface area contributed by atoms with Crippen LogP contribution < -0.4 is 5.32 Å². The van der Waals surface area contributed by atoms with Crippen molar-refractivity contribution >= 4 is 43.2 Å². The molecule has 0 aliphatic carbocycles. The third-order valence-electron chi connectivity index (χ3n) is 3.89. The number of nitrogens with zero attached hydrogens (tertiary/aromatic N) is 1. The first-order valence-electron chi connectivity index (χ1n) is 7.68. The Balaban J connectivity index is 1.59. The smallest absolute Gasteiger partial charge is 0.267 e. The zero-order chi connectivity index (χ0) is 17.2. The number of H-pyrrole nitrogens is 1. The largest absolute Gasteiger partial charge is 0.356 e. The van der Waals surface area contributed by atoms with Gasteiger partial charge in [-0.25, -0.2) is 8.42 Å². The highest BCUT2D eigenvalue weighted by atomic mass is 79.9. The molecule has 9 heteroatoms. The first-order valence-corrected chi connectivity index (χ1v) is 10.7. The predicted octanol–water partition coefficient (Wildman–Crippen LogP) is 2.60. The molecular weight excluding hydrogens is 414 g/mol. The SMILES string of the molecule is O=C(NCCc1ccc(Br)s1)c1cc(S(=O)(=O)N2CCCC2)c[nH]1. The van der Waals surface area contributed by atoms with E-state index in [1.807, 2.05) is 12.1 Å². The molecule has 6 nitrogen and oxygen atoms in total. The Bertz CT molecular complexity index is 823. The number of hydrogen-bond donors (Lipinski definition) is 2. The molecule has 1 fully saturated rings. The Morgan fingerprint density at radius 3 is 2.75 bits per heavy atom. The van der Waals surface area contributed by atoms with Gasteiger partial charge in [-0.05, 0) is 53.4 Å².